The predicted molar refractivity (Wildman–Crippen MR) is 57.8 cm³/mol. The van der Waals surface area contributed by atoms with Crippen LogP contribution in [0.1, 0.15) is 18.4 Å². The fraction of sp³-hybridized carbons (Fsp3) is 0.667. The molecule has 0 N–H and O–H groups in total. The fourth-order valence-corrected chi connectivity index (χ4v) is 4.03. The van der Waals surface area contributed by atoms with Crippen LogP contribution in [0.15, 0.2) is 11.6 Å². The molecule has 2 rings (SSSR count). The van der Waals surface area contributed by atoms with E-state index in [-0.39, 0.29) is 11.4 Å². The maximum Gasteiger partial charge on any atom is 0.105 e. The van der Waals surface area contributed by atoms with Crippen molar-refractivity contribution < 1.29 is 8.95 Å². The fourth-order valence-electron chi connectivity index (χ4n) is 1.61. The lowest BCUT2D eigenvalue weighted by Crippen LogP contribution is -2.24. The van der Waals surface area contributed by atoms with Gasteiger partial charge in [0.2, 0.25) is 0 Å². The minimum absolute atomic E-state index is 0.135. The molecule has 14 heavy (non-hydrogen) atoms. The quantitative estimate of drug-likeness (QED) is 0.792. The van der Waals surface area contributed by atoms with Crippen LogP contribution in [0.3, 0.4) is 0 Å². The Balaban J connectivity index is 1.95. The molecule has 78 valence electrons. The van der Waals surface area contributed by atoms with Crippen molar-refractivity contribution in [3.8, 4) is 0 Å². The summed E-state index contributed by atoms with van der Waals surface area (Å²) in [5.41, 5.74) is 0. The molecular formula is C9H13NO2S2. The number of hydrogen-bond acceptors (Lipinski definition) is 4. The van der Waals surface area contributed by atoms with Crippen molar-refractivity contribution >= 4 is 22.1 Å². The summed E-state index contributed by atoms with van der Waals surface area (Å²) in [5, 5.41) is 3.07. The van der Waals surface area contributed by atoms with Gasteiger partial charge in [0.05, 0.1) is 17.1 Å². The van der Waals surface area contributed by atoms with Gasteiger partial charge in [-0.3, -0.25) is 4.21 Å². The molecule has 5 heteroatoms. The van der Waals surface area contributed by atoms with Gasteiger partial charge in [-0.2, -0.15) is 0 Å². The lowest BCUT2D eigenvalue weighted by Gasteiger charge is -2.12. The molecule has 0 aliphatic carbocycles. The van der Waals surface area contributed by atoms with Crippen LogP contribution in [0.25, 0.3) is 0 Å². The third-order valence-electron chi connectivity index (χ3n) is 2.39. The number of ether oxygens (including phenoxy) is 1. The molecule has 1 aliphatic rings. The first-order valence-electron chi connectivity index (χ1n) is 4.64. The van der Waals surface area contributed by atoms with Crippen molar-refractivity contribution in [2.45, 2.75) is 30.5 Å². The van der Waals surface area contributed by atoms with E-state index < -0.39 is 10.8 Å². The molecule has 0 bridgehead atoms. The van der Waals surface area contributed by atoms with Gasteiger partial charge in [0.15, 0.2) is 0 Å². The Bertz CT molecular complexity index is 313. The number of nitrogens with zero attached hydrogens (tertiary/aromatic N) is 1. The summed E-state index contributed by atoms with van der Waals surface area (Å²) in [4.78, 5) is 4.14. The first-order chi connectivity index (χ1) is 6.77. The smallest absolute Gasteiger partial charge is 0.105 e. The van der Waals surface area contributed by atoms with Crippen LogP contribution in [-0.2, 0) is 21.3 Å². The van der Waals surface area contributed by atoms with Crippen LogP contribution in [0.4, 0.5) is 0 Å². The number of hydrogen-bond donors (Lipinski definition) is 0. The Hall–Kier alpha value is -0.260. The van der Waals surface area contributed by atoms with E-state index in [9.17, 15) is 4.21 Å². The molecular weight excluding hydrogens is 218 g/mol. The maximum atomic E-state index is 11.9. The highest BCUT2D eigenvalue weighted by Gasteiger charge is 2.29. The summed E-state index contributed by atoms with van der Waals surface area (Å²) in [5.74, 6) is 0.579. The van der Waals surface area contributed by atoms with Gasteiger partial charge in [-0.1, -0.05) is 0 Å². The molecule has 0 spiro atoms. The van der Waals surface area contributed by atoms with Crippen LogP contribution in [0.5, 0.6) is 0 Å². The normalized spacial score (nSPS) is 29.2. The monoisotopic (exact) mass is 231 g/mol. The van der Waals surface area contributed by atoms with Gasteiger partial charge in [-0.25, -0.2) is 4.98 Å². The zero-order chi connectivity index (χ0) is 9.97. The highest BCUT2D eigenvalue weighted by molar-refractivity contribution is 7.85. The molecule has 1 aromatic rings. The van der Waals surface area contributed by atoms with Gasteiger partial charge in [0.25, 0.3) is 0 Å². The highest BCUT2D eigenvalue weighted by atomic mass is 32.2. The minimum atomic E-state index is -0.832. The zero-order valence-electron chi connectivity index (χ0n) is 8.01. The standard InChI is InChI=1S/C9H13NO2S2/c1-7-8(2-4-12-7)14(11)6-9-10-3-5-13-9/h3,5,7-8H,2,4,6H2,1H3. The van der Waals surface area contributed by atoms with Crippen molar-refractivity contribution in [1.29, 1.82) is 0 Å². The zero-order valence-corrected chi connectivity index (χ0v) is 9.64. The first-order valence-corrected chi connectivity index (χ1v) is 6.90. The third-order valence-corrected chi connectivity index (χ3v) is 5.21. The van der Waals surface area contributed by atoms with E-state index in [0.717, 1.165) is 18.0 Å². The van der Waals surface area contributed by atoms with Gasteiger partial charge in [0, 0.05) is 29.0 Å². The molecule has 2 heterocycles. The Kier molecular flexibility index (Phi) is 3.30. The van der Waals surface area contributed by atoms with Crippen molar-refractivity contribution in [3.05, 3.63) is 16.6 Å². The second kappa shape index (κ2) is 4.51. The van der Waals surface area contributed by atoms with Crippen molar-refractivity contribution in [1.82, 2.24) is 4.98 Å². The van der Waals surface area contributed by atoms with E-state index in [1.54, 1.807) is 17.5 Å². The second-order valence-corrected chi connectivity index (χ2v) is 5.99. The van der Waals surface area contributed by atoms with Crippen LogP contribution >= 0.6 is 11.3 Å². The van der Waals surface area contributed by atoms with Crippen molar-refractivity contribution in [3.63, 3.8) is 0 Å². The molecule has 3 unspecified atom stereocenters. The van der Waals surface area contributed by atoms with E-state index in [0.29, 0.717) is 5.75 Å². The van der Waals surface area contributed by atoms with Gasteiger partial charge in [-0.15, -0.1) is 11.3 Å². The number of rotatable bonds is 3. The molecule has 0 radical (unpaired) electrons. The molecule has 3 nitrogen and oxygen atoms in total. The second-order valence-electron chi connectivity index (χ2n) is 3.35. The van der Waals surface area contributed by atoms with Crippen LogP contribution in [0, 0.1) is 0 Å². The Morgan fingerprint density at radius 3 is 3.21 bits per heavy atom. The van der Waals surface area contributed by atoms with Crippen molar-refractivity contribution in [2.24, 2.45) is 0 Å². The molecule has 1 aromatic heterocycles. The topological polar surface area (TPSA) is 39.2 Å². The molecule has 0 aromatic carbocycles. The maximum absolute atomic E-state index is 11.9. The molecule has 1 saturated heterocycles. The Morgan fingerprint density at radius 1 is 1.79 bits per heavy atom. The molecule has 0 amide bonds. The van der Waals surface area contributed by atoms with E-state index in [2.05, 4.69) is 4.98 Å². The Morgan fingerprint density at radius 2 is 2.64 bits per heavy atom. The lowest BCUT2D eigenvalue weighted by atomic mass is 10.3. The number of thiazole rings is 1. The van der Waals surface area contributed by atoms with Crippen LogP contribution in [0.2, 0.25) is 0 Å². The molecule has 1 fully saturated rings. The molecule has 0 saturated carbocycles. The van der Waals surface area contributed by atoms with E-state index in [1.165, 1.54) is 0 Å². The minimum Gasteiger partial charge on any atom is -0.377 e. The predicted octanol–water partition coefficient (Wildman–Crippen LogP) is 1.57. The summed E-state index contributed by atoms with van der Waals surface area (Å²) in [6, 6.07) is 0. The van der Waals surface area contributed by atoms with Crippen LogP contribution in [-0.4, -0.2) is 27.2 Å². The van der Waals surface area contributed by atoms with E-state index >= 15 is 0 Å². The van der Waals surface area contributed by atoms with E-state index in [4.69, 9.17) is 4.74 Å². The average Bonchev–Trinajstić information content (AvgIpc) is 2.75. The SMILES string of the molecule is CC1OCCC1S(=O)Cc1nccs1. The van der Waals surface area contributed by atoms with Crippen molar-refractivity contribution in [2.75, 3.05) is 6.61 Å². The largest absolute Gasteiger partial charge is 0.377 e. The van der Waals surface area contributed by atoms with E-state index in [1.807, 2.05) is 12.3 Å². The average molecular weight is 231 g/mol. The van der Waals surface area contributed by atoms with Gasteiger partial charge in [-0.05, 0) is 13.3 Å². The molecule has 3 atom stereocenters. The van der Waals surface area contributed by atoms with Crippen LogP contribution < -0.4 is 0 Å². The lowest BCUT2D eigenvalue weighted by molar-refractivity contribution is 0.127. The number of aromatic nitrogens is 1. The van der Waals surface area contributed by atoms with Gasteiger partial charge < -0.3 is 4.74 Å². The molecule has 1 aliphatic heterocycles. The summed E-state index contributed by atoms with van der Waals surface area (Å²) < 4.78 is 17.3. The summed E-state index contributed by atoms with van der Waals surface area (Å²) >= 11 is 1.57. The first kappa shape index (κ1) is 10.3. The third kappa shape index (κ3) is 2.21. The Labute approximate surface area is 90.0 Å². The summed E-state index contributed by atoms with van der Waals surface area (Å²) in [6.07, 6.45) is 2.81. The highest BCUT2D eigenvalue weighted by Crippen LogP contribution is 2.21. The summed E-state index contributed by atoms with van der Waals surface area (Å²) in [6.45, 7) is 2.74. The summed E-state index contributed by atoms with van der Waals surface area (Å²) in [7, 11) is -0.832. The van der Waals surface area contributed by atoms with Gasteiger partial charge in [0.1, 0.15) is 5.01 Å². The van der Waals surface area contributed by atoms with Gasteiger partial charge >= 0.3 is 0 Å².